The fourth-order valence-electron chi connectivity index (χ4n) is 2.30. The van der Waals surface area contributed by atoms with Crippen LogP contribution in [0.25, 0.3) is 0 Å². The van der Waals surface area contributed by atoms with Crippen molar-refractivity contribution in [1.29, 1.82) is 0 Å². The first-order chi connectivity index (χ1) is 9.39. The molecule has 2 rings (SSSR count). The summed E-state index contributed by atoms with van der Waals surface area (Å²) in [4.78, 5) is 14.4. The van der Waals surface area contributed by atoms with Gasteiger partial charge >= 0.3 is 6.01 Å². The van der Waals surface area contributed by atoms with E-state index in [-0.39, 0.29) is 6.10 Å². The second kappa shape index (κ2) is 5.78. The number of anilines is 2. The van der Waals surface area contributed by atoms with E-state index in [9.17, 15) is 0 Å². The summed E-state index contributed by atoms with van der Waals surface area (Å²) < 4.78 is 5.90. The second-order valence-electron chi connectivity index (χ2n) is 6.26. The molecule has 1 fully saturated rings. The number of ether oxygens (including phenoxy) is 1. The van der Waals surface area contributed by atoms with Gasteiger partial charge < -0.3 is 9.64 Å². The van der Waals surface area contributed by atoms with Crippen LogP contribution in [0, 0.1) is 5.41 Å². The van der Waals surface area contributed by atoms with E-state index in [0.29, 0.717) is 23.3 Å². The van der Waals surface area contributed by atoms with Crippen LogP contribution in [0.1, 0.15) is 39.5 Å². The van der Waals surface area contributed by atoms with Crippen molar-refractivity contribution >= 4 is 11.9 Å². The summed E-state index contributed by atoms with van der Waals surface area (Å²) in [5.74, 6) is 6.22. The maximum absolute atomic E-state index is 5.90. The topological polar surface area (TPSA) is 89.2 Å². The predicted octanol–water partition coefficient (Wildman–Crippen LogP) is 1.57. The van der Waals surface area contributed by atoms with Crippen molar-refractivity contribution in [2.75, 3.05) is 24.4 Å². The Labute approximate surface area is 119 Å². The zero-order valence-electron chi connectivity index (χ0n) is 12.7. The molecule has 0 saturated heterocycles. The third-order valence-electron chi connectivity index (χ3n) is 3.69. The number of nitrogens with one attached hydrogen (secondary N) is 1. The Kier molecular flexibility index (Phi) is 4.27. The van der Waals surface area contributed by atoms with Gasteiger partial charge in [-0.15, -0.1) is 0 Å². The highest BCUT2D eigenvalue weighted by molar-refractivity contribution is 5.36. The molecule has 112 valence electrons. The maximum atomic E-state index is 5.90. The van der Waals surface area contributed by atoms with Crippen LogP contribution >= 0.6 is 0 Å². The van der Waals surface area contributed by atoms with E-state index >= 15 is 0 Å². The van der Waals surface area contributed by atoms with Gasteiger partial charge in [0.15, 0.2) is 0 Å². The molecule has 1 aromatic rings. The monoisotopic (exact) mass is 280 g/mol. The molecule has 1 heterocycles. The van der Waals surface area contributed by atoms with E-state index in [1.807, 2.05) is 14.1 Å². The van der Waals surface area contributed by atoms with Gasteiger partial charge in [0.05, 0.1) is 0 Å². The molecule has 0 unspecified atom stereocenters. The van der Waals surface area contributed by atoms with Crippen LogP contribution in [0.4, 0.5) is 11.9 Å². The zero-order chi connectivity index (χ0) is 14.8. The number of nitrogens with zero attached hydrogens (tertiary/aromatic N) is 4. The quantitative estimate of drug-likeness (QED) is 0.639. The Bertz CT molecular complexity index is 452. The predicted molar refractivity (Wildman–Crippen MR) is 78.6 cm³/mol. The van der Waals surface area contributed by atoms with E-state index < -0.39 is 0 Å². The van der Waals surface area contributed by atoms with Gasteiger partial charge in [-0.3, -0.25) is 5.43 Å². The molecule has 7 nitrogen and oxygen atoms in total. The summed E-state index contributed by atoms with van der Waals surface area (Å²) >= 11 is 0. The number of nitrogen functional groups attached to an aromatic ring is 1. The average molecular weight is 280 g/mol. The highest BCUT2D eigenvalue weighted by Crippen LogP contribution is 2.36. The lowest BCUT2D eigenvalue weighted by atomic mass is 9.76. The average Bonchev–Trinajstić information content (AvgIpc) is 2.41. The second-order valence-corrected chi connectivity index (χ2v) is 6.26. The summed E-state index contributed by atoms with van der Waals surface area (Å²) in [6.45, 7) is 4.60. The van der Waals surface area contributed by atoms with E-state index in [1.54, 1.807) is 4.90 Å². The molecule has 20 heavy (non-hydrogen) atoms. The Morgan fingerprint density at radius 2 is 1.85 bits per heavy atom. The van der Waals surface area contributed by atoms with E-state index in [2.05, 4.69) is 34.2 Å². The van der Waals surface area contributed by atoms with E-state index in [0.717, 1.165) is 25.7 Å². The molecule has 1 aliphatic rings. The smallest absolute Gasteiger partial charge is 0.323 e. The van der Waals surface area contributed by atoms with Crippen LogP contribution in [-0.2, 0) is 0 Å². The van der Waals surface area contributed by atoms with Gasteiger partial charge in [0.25, 0.3) is 0 Å². The normalized spacial score (nSPS) is 18.6. The van der Waals surface area contributed by atoms with Crippen molar-refractivity contribution in [1.82, 2.24) is 15.0 Å². The Morgan fingerprint density at radius 1 is 1.20 bits per heavy atom. The molecule has 3 N–H and O–H groups in total. The number of hydrogen-bond acceptors (Lipinski definition) is 7. The first kappa shape index (κ1) is 14.8. The van der Waals surface area contributed by atoms with Gasteiger partial charge in [0, 0.05) is 14.1 Å². The Morgan fingerprint density at radius 3 is 2.40 bits per heavy atom. The van der Waals surface area contributed by atoms with Crippen LogP contribution in [-0.4, -0.2) is 35.2 Å². The van der Waals surface area contributed by atoms with Gasteiger partial charge in [0.2, 0.25) is 11.9 Å². The van der Waals surface area contributed by atoms with Gasteiger partial charge in [-0.1, -0.05) is 13.8 Å². The molecule has 1 aliphatic carbocycles. The van der Waals surface area contributed by atoms with Crippen molar-refractivity contribution in [2.24, 2.45) is 11.3 Å². The molecule has 0 spiro atoms. The van der Waals surface area contributed by atoms with Gasteiger partial charge in [-0.05, 0) is 31.1 Å². The van der Waals surface area contributed by atoms with Gasteiger partial charge in [0.1, 0.15) is 6.10 Å². The first-order valence-electron chi connectivity index (χ1n) is 6.96. The zero-order valence-corrected chi connectivity index (χ0v) is 12.7. The third kappa shape index (κ3) is 3.69. The largest absolute Gasteiger partial charge is 0.460 e. The standard InChI is InChI=1S/C13H24N6O/c1-13(2)7-5-9(6-8-13)20-12-16-10(18-14)15-11(17-12)19(3)4/h9H,5-8,14H2,1-4H3,(H,15,16,17,18). The van der Waals surface area contributed by atoms with Crippen molar-refractivity contribution < 1.29 is 4.74 Å². The molecule has 7 heteroatoms. The highest BCUT2D eigenvalue weighted by atomic mass is 16.5. The molecule has 0 aromatic carbocycles. The van der Waals surface area contributed by atoms with Gasteiger partial charge in [-0.25, -0.2) is 5.84 Å². The van der Waals surface area contributed by atoms with Crippen LogP contribution in [0.15, 0.2) is 0 Å². The summed E-state index contributed by atoms with van der Waals surface area (Å²) in [5.41, 5.74) is 2.86. The minimum absolute atomic E-state index is 0.172. The number of rotatable bonds is 4. The molecular weight excluding hydrogens is 256 g/mol. The minimum Gasteiger partial charge on any atom is -0.460 e. The molecule has 1 saturated carbocycles. The Balaban J connectivity index is 2.07. The lowest BCUT2D eigenvalue weighted by molar-refractivity contribution is 0.0907. The molecule has 0 amide bonds. The summed E-state index contributed by atoms with van der Waals surface area (Å²) in [6, 6.07) is 0.335. The fourth-order valence-corrected chi connectivity index (χ4v) is 2.30. The van der Waals surface area contributed by atoms with Crippen LogP contribution in [0.5, 0.6) is 6.01 Å². The third-order valence-corrected chi connectivity index (χ3v) is 3.69. The first-order valence-corrected chi connectivity index (χ1v) is 6.96. The van der Waals surface area contributed by atoms with Crippen molar-refractivity contribution in [3.05, 3.63) is 0 Å². The lowest BCUT2D eigenvalue weighted by Gasteiger charge is -2.33. The minimum atomic E-state index is 0.172. The van der Waals surface area contributed by atoms with Crippen molar-refractivity contribution in [2.45, 2.75) is 45.6 Å². The van der Waals surface area contributed by atoms with Crippen LogP contribution in [0.3, 0.4) is 0 Å². The summed E-state index contributed by atoms with van der Waals surface area (Å²) in [7, 11) is 3.73. The Hall–Kier alpha value is -1.63. The molecular formula is C13H24N6O. The van der Waals surface area contributed by atoms with Crippen LogP contribution < -0.4 is 20.9 Å². The molecule has 1 aromatic heterocycles. The molecule has 0 radical (unpaired) electrons. The fraction of sp³-hybridized carbons (Fsp3) is 0.769. The van der Waals surface area contributed by atoms with E-state index in [1.165, 1.54) is 0 Å². The van der Waals surface area contributed by atoms with Crippen LogP contribution in [0.2, 0.25) is 0 Å². The molecule has 0 atom stereocenters. The SMILES string of the molecule is CN(C)c1nc(NN)nc(OC2CCC(C)(C)CC2)n1. The lowest BCUT2D eigenvalue weighted by Crippen LogP contribution is -2.29. The van der Waals surface area contributed by atoms with Crippen molar-refractivity contribution in [3.63, 3.8) is 0 Å². The summed E-state index contributed by atoms with van der Waals surface area (Å²) in [5, 5.41) is 0. The number of hydrogen-bond donors (Lipinski definition) is 2. The number of aromatic nitrogens is 3. The van der Waals surface area contributed by atoms with Gasteiger partial charge in [-0.2, -0.15) is 15.0 Å². The van der Waals surface area contributed by atoms with Crippen molar-refractivity contribution in [3.8, 4) is 6.01 Å². The molecule has 0 bridgehead atoms. The number of nitrogens with two attached hydrogens (primary N) is 1. The highest BCUT2D eigenvalue weighted by Gasteiger charge is 2.28. The number of hydrazine groups is 1. The summed E-state index contributed by atoms with van der Waals surface area (Å²) in [6.07, 6.45) is 4.55. The van der Waals surface area contributed by atoms with E-state index in [4.69, 9.17) is 10.6 Å². The molecule has 0 aliphatic heterocycles. The maximum Gasteiger partial charge on any atom is 0.323 e.